The van der Waals surface area contributed by atoms with Gasteiger partial charge in [0.05, 0.1) is 6.10 Å². The maximum atomic E-state index is 10.3. The summed E-state index contributed by atoms with van der Waals surface area (Å²) in [5.41, 5.74) is 1.50. The van der Waals surface area contributed by atoms with E-state index < -0.39 is 0 Å². The smallest absolute Gasteiger partial charge is 0.0813 e. The number of rotatable bonds is 4. The third kappa shape index (κ3) is 4.30. The first-order valence-corrected chi connectivity index (χ1v) is 7.92. The van der Waals surface area contributed by atoms with E-state index in [9.17, 15) is 5.11 Å². The third-order valence-corrected chi connectivity index (χ3v) is 4.91. The van der Waals surface area contributed by atoms with Crippen LogP contribution in [0.2, 0.25) is 0 Å². The van der Waals surface area contributed by atoms with Gasteiger partial charge in [0.2, 0.25) is 0 Å². The van der Waals surface area contributed by atoms with Gasteiger partial charge in [-0.2, -0.15) is 0 Å². The van der Waals surface area contributed by atoms with E-state index in [4.69, 9.17) is 0 Å². The topological polar surface area (TPSA) is 23.5 Å². The maximum absolute atomic E-state index is 10.3. The standard InChI is InChI=1S/C16H24BrNO/c1-16(2)8-11-18(12-9-16)10-7-15(19)13-5-3-4-6-14(13)17/h3-6,15,19H,7-12H2,1-2H3. The Hall–Kier alpha value is -0.380. The van der Waals surface area contributed by atoms with Gasteiger partial charge in [0.15, 0.2) is 0 Å². The maximum Gasteiger partial charge on any atom is 0.0813 e. The molecule has 1 fully saturated rings. The lowest BCUT2D eigenvalue weighted by atomic mass is 9.82. The van der Waals surface area contributed by atoms with Gasteiger partial charge in [0.25, 0.3) is 0 Å². The number of aliphatic hydroxyl groups is 1. The molecule has 1 aromatic carbocycles. The number of halogens is 1. The van der Waals surface area contributed by atoms with E-state index >= 15 is 0 Å². The van der Waals surface area contributed by atoms with Crippen molar-refractivity contribution in [3.63, 3.8) is 0 Å². The molecule has 0 aliphatic carbocycles. The Morgan fingerprint density at radius 3 is 2.53 bits per heavy atom. The van der Waals surface area contributed by atoms with E-state index in [1.165, 1.54) is 12.8 Å². The van der Waals surface area contributed by atoms with Crippen molar-refractivity contribution in [2.24, 2.45) is 5.41 Å². The van der Waals surface area contributed by atoms with E-state index in [2.05, 4.69) is 34.7 Å². The van der Waals surface area contributed by atoms with Crippen molar-refractivity contribution in [2.75, 3.05) is 19.6 Å². The van der Waals surface area contributed by atoms with Gasteiger partial charge in [0.1, 0.15) is 0 Å². The van der Waals surface area contributed by atoms with Crippen LogP contribution in [0.25, 0.3) is 0 Å². The second-order valence-electron chi connectivity index (χ2n) is 6.33. The molecule has 1 saturated heterocycles. The summed E-state index contributed by atoms with van der Waals surface area (Å²) in [6.45, 7) is 8.00. The minimum Gasteiger partial charge on any atom is -0.388 e. The fourth-order valence-electron chi connectivity index (χ4n) is 2.59. The van der Waals surface area contributed by atoms with Crippen LogP contribution in [0.3, 0.4) is 0 Å². The number of nitrogens with zero attached hydrogens (tertiary/aromatic N) is 1. The van der Waals surface area contributed by atoms with Crippen LogP contribution in [0.5, 0.6) is 0 Å². The number of aliphatic hydroxyl groups excluding tert-OH is 1. The predicted molar refractivity (Wildman–Crippen MR) is 83.2 cm³/mol. The van der Waals surface area contributed by atoms with Crippen LogP contribution in [0.4, 0.5) is 0 Å². The molecule has 1 aliphatic rings. The van der Waals surface area contributed by atoms with E-state index in [1.54, 1.807) is 0 Å². The Morgan fingerprint density at radius 1 is 1.26 bits per heavy atom. The molecule has 2 nitrogen and oxygen atoms in total. The lowest BCUT2D eigenvalue weighted by Gasteiger charge is -2.37. The lowest BCUT2D eigenvalue weighted by molar-refractivity contribution is 0.101. The van der Waals surface area contributed by atoms with E-state index in [0.29, 0.717) is 5.41 Å². The minimum absolute atomic E-state index is 0.370. The number of hydrogen-bond acceptors (Lipinski definition) is 2. The molecule has 0 bridgehead atoms. The third-order valence-electron chi connectivity index (χ3n) is 4.19. The van der Waals surface area contributed by atoms with Gasteiger partial charge in [0, 0.05) is 11.0 Å². The van der Waals surface area contributed by atoms with E-state index in [0.717, 1.165) is 36.1 Å². The average Bonchev–Trinajstić information content (AvgIpc) is 2.38. The van der Waals surface area contributed by atoms with Gasteiger partial charge in [-0.15, -0.1) is 0 Å². The second-order valence-corrected chi connectivity index (χ2v) is 7.19. The SMILES string of the molecule is CC1(C)CCN(CCC(O)c2ccccc2Br)CC1. The number of piperidine rings is 1. The monoisotopic (exact) mass is 325 g/mol. The summed E-state index contributed by atoms with van der Waals surface area (Å²) in [6.07, 6.45) is 2.96. The zero-order chi connectivity index (χ0) is 13.9. The molecule has 1 heterocycles. The van der Waals surface area contributed by atoms with Crippen molar-refractivity contribution < 1.29 is 5.11 Å². The quantitative estimate of drug-likeness (QED) is 0.904. The van der Waals surface area contributed by atoms with Crippen molar-refractivity contribution in [3.05, 3.63) is 34.3 Å². The molecule has 0 aromatic heterocycles. The van der Waals surface area contributed by atoms with E-state index in [-0.39, 0.29) is 6.10 Å². The largest absolute Gasteiger partial charge is 0.388 e. The molecule has 0 amide bonds. The van der Waals surface area contributed by atoms with Gasteiger partial charge in [-0.1, -0.05) is 48.0 Å². The highest BCUT2D eigenvalue weighted by molar-refractivity contribution is 9.10. The second kappa shape index (κ2) is 6.38. The predicted octanol–water partition coefficient (Wildman–Crippen LogP) is 3.99. The van der Waals surface area contributed by atoms with Crippen LogP contribution in [0.1, 0.15) is 44.8 Å². The number of hydrogen-bond donors (Lipinski definition) is 1. The first kappa shape index (κ1) is 15.0. The first-order valence-electron chi connectivity index (χ1n) is 7.13. The molecule has 0 spiro atoms. The molecule has 3 heteroatoms. The molecule has 1 aromatic rings. The molecule has 1 unspecified atom stereocenters. The van der Waals surface area contributed by atoms with Crippen molar-refractivity contribution in [1.82, 2.24) is 4.90 Å². The van der Waals surface area contributed by atoms with Crippen LogP contribution in [0.15, 0.2) is 28.7 Å². The number of benzene rings is 1. The van der Waals surface area contributed by atoms with Gasteiger partial charge in [-0.25, -0.2) is 0 Å². The molecular weight excluding hydrogens is 302 g/mol. The summed E-state index contributed by atoms with van der Waals surface area (Å²) in [5, 5.41) is 10.3. The lowest BCUT2D eigenvalue weighted by Crippen LogP contribution is -2.38. The van der Waals surface area contributed by atoms with Crippen LogP contribution in [0, 0.1) is 5.41 Å². The summed E-state index contributed by atoms with van der Waals surface area (Å²) in [4.78, 5) is 2.48. The molecule has 106 valence electrons. The van der Waals surface area contributed by atoms with Crippen LogP contribution >= 0.6 is 15.9 Å². The Labute approximate surface area is 124 Å². The summed E-state index contributed by atoms with van der Waals surface area (Å²) in [7, 11) is 0. The minimum atomic E-state index is -0.370. The normalized spacial score (nSPS) is 21.3. The fraction of sp³-hybridized carbons (Fsp3) is 0.625. The molecule has 0 radical (unpaired) electrons. The molecule has 1 N–H and O–H groups in total. The average molecular weight is 326 g/mol. The Kier molecular flexibility index (Phi) is 5.04. The zero-order valence-electron chi connectivity index (χ0n) is 11.9. The highest BCUT2D eigenvalue weighted by Crippen LogP contribution is 2.30. The molecule has 2 rings (SSSR count). The molecule has 0 saturated carbocycles. The number of likely N-dealkylation sites (tertiary alicyclic amines) is 1. The molecule has 1 atom stereocenters. The van der Waals surface area contributed by atoms with Crippen molar-refractivity contribution in [1.29, 1.82) is 0 Å². The van der Waals surface area contributed by atoms with Crippen molar-refractivity contribution in [2.45, 2.75) is 39.2 Å². The summed E-state index contributed by atoms with van der Waals surface area (Å²) < 4.78 is 1.00. The summed E-state index contributed by atoms with van der Waals surface area (Å²) >= 11 is 3.50. The summed E-state index contributed by atoms with van der Waals surface area (Å²) in [6, 6.07) is 7.94. The summed E-state index contributed by atoms with van der Waals surface area (Å²) in [5.74, 6) is 0. The van der Waals surface area contributed by atoms with Crippen LogP contribution in [-0.4, -0.2) is 29.6 Å². The van der Waals surface area contributed by atoms with E-state index in [1.807, 2.05) is 24.3 Å². The molecule has 1 aliphatic heterocycles. The fourth-order valence-corrected chi connectivity index (χ4v) is 3.14. The Morgan fingerprint density at radius 2 is 1.89 bits per heavy atom. The van der Waals surface area contributed by atoms with Gasteiger partial charge in [-0.05, 0) is 49.4 Å². The zero-order valence-corrected chi connectivity index (χ0v) is 13.5. The molecular formula is C16H24BrNO. The Balaban J connectivity index is 1.82. The first-order chi connectivity index (χ1) is 8.98. The van der Waals surface area contributed by atoms with Crippen LogP contribution < -0.4 is 0 Å². The highest BCUT2D eigenvalue weighted by Gasteiger charge is 2.25. The van der Waals surface area contributed by atoms with Gasteiger partial charge >= 0.3 is 0 Å². The van der Waals surface area contributed by atoms with Gasteiger partial charge in [-0.3, -0.25) is 0 Å². The highest BCUT2D eigenvalue weighted by atomic mass is 79.9. The van der Waals surface area contributed by atoms with Gasteiger partial charge < -0.3 is 10.0 Å². The van der Waals surface area contributed by atoms with Crippen molar-refractivity contribution in [3.8, 4) is 0 Å². The van der Waals surface area contributed by atoms with Crippen LogP contribution in [-0.2, 0) is 0 Å². The molecule has 19 heavy (non-hydrogen) atoms. The van der Waals surface area contributed by atoms with Crippen molar-refractivity contribution >= 4 is 15.9 Å². The Bertz CT molecular complexity index is 409.